The van der Waals surface area contributed by atoms with Gasteiger partial charge in [-0.3, -0.25) is 0 Å². The fourth-order valence-corrected chi connectivity index (χ4v) is 4.10. The molecule has 0 radical (unpaired) electrons. The number of benzene rings is 1. The van der Waals surface area contributed by atoms with Gasteiger partial charge in [-0.1, -0.05) is 25.1 Å². The molecule has 2 nitrogen and oxygen atoms in total. The van der Waals surface area contributed by atoms with Crippen molar-refractivity contribution in [2.75, 3.05) is 19.8 Å². The Morgan fingerprint density at radius 2 is 2.28 bits per heavy atom. The summed E-state index contributed by atoms with van der Waals surface area (Å²) in [7, 11) is 0. The Hall–Kier alpha value is -0.510. The number of hydrogen-bond acceptors (Lipinski definition) is 3. The van der Waals surface area contributed by atoms with Gasteiger partial charge in [0.2, 0.25) is 0 Å². The molecule has 1 aromatic carbocycles. The zero-order valence-corrected chi connectivity index (χ0v) is 11.7. The number of ether oxygens (including phenoxy) is 1. The third kappa shape index (κ3) is 2.73. The molecule has 0 saturated carbocycles. The van der Waals surface area contributed by atoms with Crippen LogP contribution in [0.4, 0.5) is 0 Å². The quantitative estimate of drug-likeness (QED) is 0.906. The summed E-state index contributed by atoms with van der Waals surface area (Å²) in [5, 5.41) is 4.45. The van der Waals surface area contributed by atoms with Gasteiger partial charge in [0.15, 0.2) is 0 Å². The molecule has 3 rings (SSSR count). The van der Waals surface area contributed by atoms with Gasteiger partial charge in [0.25, 0.3) is 0 Å². The predicted octanol–water partition coefficient (Wildman–Crippen LogP) is 2.72. The predicted molar refractivity (Wildman–Crippen MR) is 76.2 cm³/mol. The Balaban J connectivity index is 1.51. The molecule has 2 heterocycles. The lowest BCUT2D eigenvalue weighted by atomic mass is 9.97. The van der Waals surface area contributed by atoms with Crippen LogP contribution in [0.3, 0.4) is 0 Å². The molecular formula is C15H21NOS. The van der Waals surface area contributed by atoms with Crippen LogP contribution in [0.25, 0.3) is 0 Å². The molecule has 3 atom stereocenters. The average molecular weight is 263 g/mol. The Kier molecular flexibility index (Phi) is 3.92. The van der Waals surface area contributed by atoms with Gasteiger partial charge in [0.05, 0.1) is 6.61 Å². The first-order valence-electron chi connectivity index (χ1n) is 6.88. The van der Waals surface area contributed by atoms with Crippen LogP contribution >= 0.6 is 11.8 Å². The van der Waals surface area contributed by atoms with Crippen molar-refractivity contribution in [3.05, 3.63) is 29.8 Å². The second kappa shape index (κ2) is 5.64. The summed E-state index contributed by atoms with van der Waals surface area (Å²) in [5.74, 6) is 0.646. The van der Waals surface area contributed by atoms with Crippen molar-refractivity contribution in [1.29, 1.82) is 0 Å². The van der Waals surface area contributed by atoms with E-state index >= 15 is 0 Å². The highest BCUT2D eigenvalue weighted by Gasteiger charge is 2.25. The van der Waals surface area contributed by atoms with Crippen LogP contribution in [-0.2, 0) is 11.2 Å². The standard InChI is InChI=1S/C15H21NOS/c1-11-10-17-7-6-14(11)16-9-13-8-12-4-2-3-5-15(12)18-13/h2-5,11,13-14,16H,6-10H2,1H3. The molecule has 2 aliphatic rings. The minimum atomic E-state index is 0.642. The van der Waals surface area contributed by atoms with E-state index in [9.17, 15) is 0 Å². The molecule has 0 amide bonds. The van der Waals surface area contributed by atoms with E-state index in [-0.39, 0.29) is 0 Å². The van der Waals surface area contributed by atoms with Crippen molar-refractivity contribution < 1.29 is 4.74 Å². The zero-order valence-electron chi connectivity index (χ0n) is 10.9. The normalized spacial score (nSPS) is 31.3. The smallest absolute Gasteiger partial charge is 0.0506 e. The second-order valence-electron chi connectivity index (χ2n) is 5.41. The molecule has 0 aromatic heterocycles. The maximum atomic E-state index is 5.49. The van der Waals surface area contributed by atoms with Crippen LogP contribution in [0.15, 0.2) is 29.2 Å². The topological polar surface area (TPSA) is 21.3 Å². The highest BCUT2D eigenvalue weighted by molar-refractivity contribution is 8.00. The van der Waals surface area contributed by atoms with Gasteiger partial charge >= 0.3 is 0 Å². The summed E-state index contributed by atoms with van der Waals surface area (Å²) >= 11 is 2.03. The molecule has 3 heteroatoms. The number of fused-ring (bicyclic) bond motifs is 1. The largest absolute Gasteiger partial charge is 0.381 e. The summed E-state index contributed by atoms with van der Waals surface area (Å²) in [5.41, 5.74) is 1.52. The molecule has 1 N–H and O–H groups in total. The van der Waals surface area contributed by atoms with Crippen LogP contribution in [0.2, 0.25) is 0 Å². The Morgan fingerprint density at radius 3 is 3.11 bits per heavy atom. The second-order valence-corrected chi connectivity index (χ2v) is 6.75. The molecule has 0 bridgehead atoms. The molecule has 3 unspecified atom stereocenters. The molecule has 1 aromatic rings. The van der Waals surface area contributed by atoms with Crippen molar-refractivity contribution in [3.8, 4) is 0 Å². The Morgan fingerprint density at radius 1 is 1.39 bits per heavy atom. The fourth-order valence-electron chi connectivity index (χ4n) is 2.83. The van der Waals surface area contributed by atoms with E-state index < -0.39 is 0 Å². The van der Waals surface area contributed by atoms with E-state index in [1.54, 1.807) is 0 Å². The lowest BCUT2D eigenvalue weighted by Crippen LogP contribution is -2.43. The van der Waals surface area contributed by atoms with Gasteiger partial charge < -0.3 is 10.1 Å². The first-order valence-corrected chi connectivity index (χ1v) is 7.76. The summed E-state index contributed by atoms with van der Waals surface area (Å²) < 4.78 is 5.49. The zero-order chi connectivity index (χ0) is 12.4. The van der Waals surface area contributed by atoms with E-state index in [1.165, 1.54) is 16.9 Å². The van der Waals surface area contributed by atoms with Crippen LogP contribution in [0.1, 0.15) is 18.9 Å². The first kappa shape index (κ1) is 12.5. The van der Waals surface area contributed by atoms with Crippen molar-refractivity contribution in [3.63, 3.8) is 0 Å². The highest BCUT2D eigenvalue weighted by atomic mass is 32.2. The van der Waals surface area contributed by atoms with Crippen LogP contribution in [0.5, 0.6) is 0 Å². The van der Waals surface area contributed by atoms with Crippen molar-refractivity contribution in [2.24, 2.45) is 5.92 Å². The van der Waals surface area contributed by atoms with E-state index in [2.05, 4.69) is 36.5 Å². The lowest BCUT2D eigenvalue weighted by Gasteiger charge is -2.30. The van der Waals surface area contributed by atoms with Crippen LogP contribution < -0.4 is 5.32 Å². The molecule has 1 fully saturated rings. The van der Waals surface area contributed by atoms with Crippen molar-refractivity contribution >= 4 is 11.8 Å². The number of hydrogen-bond donors (Lipinski definition) is 1. The highest BCUT2D eigenvalue weighted by Crippen LogP contribution is 2.36. The summed E-state index contributed by atoms with van der Waals surface area (Å²) in [4.78, 5) is 1.48. The van der Waals surface area contributed by atoms with Gasteiger partial charge in [-0.2, -0.15) is 0 Å². The van der Waals surface area contributed by atoms with Gasteiger partial charge in [-0.15, -0.1) is 11.8 Å². The van der Waals surface area contributed by atoms with Crippen LogP contribution in [0, 0.1) is 5.92 Å². The van der Waals surface area contributed by atoms with E-state index in [1.807, 2.05) is 11.8 Å². The minimum Gasteiger partial charge on any atom is -0.381 e. The molecule has 1 saturated heterocycles. The van der Waals surface area contributed by atoms with Crippen molar-refractivity contribution in [2.45, 2.75) is 36.0 Å². The number of rotatable bonds is 3. The number of thioether (sulfide) groups is 1. The SMILES string of the molecule is CC1COCCC1NCC1Cc2ccccc2S1. The summed E-state index contributed by atoms with van der Waals surface area (Å²) in [6, 6.07) is 9.44. The maximum absolute atomic E-state index is 5.49. The monoisotopic (exact) mass is 263 g/mol. The summed E-state index contributed by atoms with van der Waals surface area (Å²) in [6.07, 6.45) is 2.37. The minimum absolute atomic E-state index is 0.642. The molecule has 18 heavy (non-hydrogen) atoms. The molecule has 98 valence electrons. The average Bonchev–Trinajstić information content (AvgIpc) is 2.80. The fraction of sp³-hybridized carbons (Fsp3) is 0.600. The molecule has 0 aliphatic carbocycles. The van der Waals surface area contributed by atoms with Gasteiger partial charge in [0.1, 0.15) is 0 Å². The van der Waals surface area contributed by atoms with Crippen LogP contribution in [-0.4, -0.2) is 31.1 Å². The molecular weight excluding hydrogens is 242 g/mol. The summed E-state index contributed by atoms with van der Waals surface area (Å²) in [6.45, 7) is 5.23. The first-order chi connectivity index (χ1) is 8.83. The van der Waals surface area contributed by atoms with Gasteiger partial charge in [-0.05, 0) is 30.4 Å². The van der Waals surface area contributed by atoms with Gasteiger partial charge in [-0.25, -0.2) is 0 Å². The Labute approximate surface area is 113 Å². The van der Waals surface area contributed by atoms with E-state index in [0.717, 1.165) is 26.2 Å². The molecule has 2 aliphatic heterocycles. The molecule has 0 spiro atoms. The van der Waals surface area contributed by atoms with E-state index in [4.69, 9.17) is 4.74 Å². The van der Waals surface area contributed by atoms with E-state index in [0.29, 0.717) is 17.2 Å². The maximum Gasteiger partial charge on any atom is 0.0506 e. The Bertz CT molecular complexity index is 384. The van der Waals surface area contributed by atoms with Crippen molar-refractivity contribution in [1.82, 2.24) is 5.32 Å². The number of nitrogens with one attached hydrogen (secondary N) is 1. The third-order valence-electron chi connectivity index (χ3n) is 3.96. The van der Waals surface area contributed by atoms with Gasteiger partial charge in [0, 0.05) is 29.3 Å². The lowest BCUT2D eigenvalue weighted by molar-refractivity contribution is 0.0393. The third-order valence-corrected chi connectivity index (χ3v) is 5.28.